The van der Waals surface area contributed by atoms with Gasteiger partial charge in [0, 0.05) is 17.7 Å². The monoisotopic (exact) mass is 433 g/mol. The van der Waals surface area contributed by atoms with Crippen molar-refractivity contribution in [1.82, 2.24) is 15.1 Å². The zero-order valence-corrected chi connectivity index (χ0v) is 19.2. The van der Waals surface area contributed by atoms with Crippen molar-refractivity contribution in [1.29, 1.82) is 0 Å². The quantitative estimate of drug-likeness (QED) is 0.458. The fourth-order valence-corrected chi connectivity index (χ4v) is 4.56. The summed E-state index contributed by atoms with van der Waals surface area (Å²) in [6.45, 7) is 9.26. The molecule has 4 rings (SSSR count). The molecule has 1 aliphatic rings. The normalized spacial score (nSPS) is 15.3. The molecule has 1 amide bonds. The predicted octanol–water partition coefficient (Wildman–Crippen LogP) is 5.53. The Morgan fingerprint density at radius 2 is 1.88 bits per heavy atom. The average Bonchev–Trinajstić information content (AvgIpc) is 3.31. The van der Waals surface area contributed by atoms with Crippen molar-refractivity contribution < 1.29 is 14.6 Å². The molecule has 0 bridgehead atoms. The van der Waals surface area contributed by atoms with Crippen molar-refractivity contribution in [3.63, 3.8) is 0 Å². The van der Waals surface area contributed by atoms with Crippen LogP contribution < -0.4 is 4.74 Å². The van der Waals surface area contributed by atoms with E-state index in [1.165, 1.54) is 0 Å². The highest BCUT2D eigenvalue weighted by Gasteiger charge is 2.42. The highest BCUT2D eigenvalue weighted by molar-refractivity contribution is 6.00. The number of fused-ring (bicyclic) bond motifs is 1. The molecule has 1 atom stereocenters. The first-order valence-electron chi connectivity index (χ1n) is 11.4. The number of phenols is 1. The number of unbranched alkanes of at least 4 members (excludes halogenated alkanes) is 2. The van der Waals surface area contributed by atoms with Crippen LogP contribution in [0.5, 0.6) is 11.5 Å². The number of aryl methyl sites for hydroxylation is 2. The van der Waals surface area contributed by atoms with Crippen molar-refractivity contribution in [3.8, 4) is 22.8 Å². The third-order valence-electron chi connectivity index (χ3n) is 6.07. The van der Waals surface area contributed by atoms with Crippen molar-refractivity contribution in [2.24, 2.45) is 0 Å². The van der Waals surface area contributed by atoms with E-state index in [4.69, 9.17) is 4.74 Å². The molecular weight excluding hydrogens is 402 g/mol. The van der Waals surface area contributed by atoms with E-state index in [9.17, 15) is 9.90 Å². The Labute approximate surface area is 189 Å². The van der Waals surface area contributed by atoms with Crippen LogP contribution in [-0.4, -0.2) is 39.3 Å². The van der Waals surface area contributed by atoms with Crippen LogP contribution in [0.3, 0.4) is 0 Å². The van der Waals surface area contributed by atoms with Gasteiger partial charge in [-0.15, -0.1) is 0 Å². The van der Waals surface area contributed by atoms with Gasteiger partial charge < -0.3 is 14.7 Å². The third-order valence-corrected chi connectivity index (χ3v) is 6.07. The number of phenolic OH excluding ortho intramolecular Hbond substituents is 1. The van der Waals surface area contributed by atoms with Crippen LogP contribution >= 0.6 is 0 Å². The van der Waals surface area contributed by atoms with Crippen molar-refractivity contribution >= 4 is 5.91 Å². The maximum Gasteiger partial charge on any atom is 0.273 e. The van der Waals surface area contributed by atoms with E-state index in [2.05, 4.69) is 17.1 Å². The molecule has 0 radical (unpaired) electrons. The lowest BCUT2D eigenvalue weighted by atomic mass is 9.94. The molecule has 168 valence electrons. The van der Waals surface area contributed by atoms with Crippen LogP contribution in [0.1, 0.15) is 71.9 Å². The summed E-state index contributed by atoms with van der Waals surface area (Å²) in [5.74, 6) is 0.961. The summed E-state index contributed by atoms with van der Waals surface area (Å²) < 4.78 is 5.61. The van der Waals surface area contributed by atoms with Gasteiger partial charge in [0.25, 0.3) is 5.91 Å². The van der Waals surface area contributed by atoms with E-state index in [0.717, 1.165) is 47.3 Å². The first-order chi connectivity index (χ1) is 15.5. The Balaban J connectivity index is 1.83. The van der Waals surface area contributed by atoms with Crippen LogP contribution in [0.2, 0.25) is 0 Å². The largest absolute Gasteiger partial charge is 0.507 e. The predicted molar refractivity (Wildman–Crippen MR) is 125 cm³/mol. The zero-order chi connectivity index (χ0) is 22.8. The molecule has 0 saturated carbocycles. The average molecular weight is 434 g/mol. The second-order valence-electron chi connectivity index (χ2n) is 8.45. The van der Waals surface area contributed by atoms with Gasteiger partial charge in [0.15, 0.2) is 0 Å². The summed E-state index contributed by atoms with van der Waals surface area (Å²) in [6.07, 6.45) is 3.10. The summed E-state index contributed by atoms with van der Waals surface area (Å²) in [5, 5.41) is 18.3. The molecule has 0 fully saturated rings. The Bertz CT molecular complexity index is 1120. The van der Waals surface area contributed by atoms with E-state index in [1.54, 1.807) is 0 Å². The minimum Gasteiger partial charge on any atom is -0.507 e. The van der Waals surface area contributed by atoms with Crippen LogP contribution in [-0.2, 0) is 0 Å². The second kappa shape index (κ2) is 9.07. The zero-order valence-electron chi connectivity index (χ0n) is 19.2. The molecule has 1 aliphatic heterocycles. The Hall–Kier alpha value is -3.28. The van der Waals surface area contributed by atoms with E-state index < -0.39 is 0 Å². The summed E-state index contributed by atoms with van der Waals surface area (Å²) >= 11 is 0. The Kier molecular flexibility index (Phi) is 6.21. The SMILES string of the molecule is CCCCCN1C(=O)c2[nH]nc(-c3cc(C)cc(C)c3O)c2C1c1ccc(OCC)cc1. The molecule has 0 saturated heterocycles. The van der Waals surface area contributed by atoms with Gasteiger partial charge in [-0.3, -0.25) is 9.89 Å². The number of rotatable bonds is 8. The van der Waals surface area contributed by atoms with Crippen molar-refractivity contribution in [2.75, 3.05) is 13.2 Å². The van der Waals surface area contributed by atoms with Gasteiger partial charge >= 0.3 is 0 Å². The number of aromatic amines is 1. The number of H-pyrrole nitrogens is 1. The molecule has 3 aromatic rings. The van der Waals surface area contributed by atoms with Crippen molar-refractivity contribution in [3.05, 3.63) is 64.3 Å². The number of benzene rings is 2. The third kappa shape index (κ3) is 3.85. The number of hydrogen-bond acceptors (Lipinski definition) is 4. The summed E-state index contributed by atoms with van der Waals surface area (Å²) in [5.41, 5.74) is 5.45. The molecule has 6 heteroatoms. The van der Waals surface area contributed by atoms with E-state index in [0.29, 0.717) is 30.1 Å². The Morgan fingerprint density at radius 1 is 1.12 bits per heavy atom. The number of nitrogens with one attached hydrogen (secondary N) is 1. The van der Waals surface area contributed by atoms with E-state index in [1.807, 2.05) is 62.1 Å². The molecule has 2 aromatic carbocycles. The van der Waals surface area contributed by atoms with E-state index >= 15 is 0 Å². The van der Waals surface area contributed by atoms with Gasteiger partial charge in [-0.2, -0.15) is 5.10 Å². The van der Waals surface area contributed by atoms with Gasteiger partial charge in [0.05, 0.1) is 12.6 Å². The lowest BCUT2D eigenvalue weighted by Crippen LogP contribution is -2.30. The number of aromatic nitrogens is 2. The van der Waals surface area contributed by atoms with Crippen molar-refractivity contribution in [2.45, 2.75) is 53.0 Å². The first kappa shape index (κ1) is 21.9. The fourth-order valence-electron chi connectivity index (χ4n) is 4.56. The highest BCUT2D eigenvalue weighted by Crippen LogP contribution is 2.45. The van der Waals surface area contributed by atoms with E-state index in [-0.39, 0.29) is 17.7 Å². The van der Waals surface area contributed by atoms with Gasteiger partial charge in [0.2, 0.25) is 0 Å². The van der Waals surface area contributed by atoms with Gasteiger partial charge in [-0.05, 0) is 62.1 Å². The minimum absolute atomic E-state index is 0.0439. The van der Waals surface area contributed by atoms with Crippen LogP contribution in [0, 0.1) is 13.8 Å². The number of aromatic hydroxyl groups is 1. The lowest BCUT2D eigenvalue weighted by Gasteiger charge is -2.26. The summed E-state index contributed by atoms with van der Waals surface area (Å²) in [6, 6.07) is 11.5. The lowest BCUT2D eigenvalue weighted by molar-refractivity contribution is 0.0740. The van der Waals surface area contributed by atoms with Crippen LogP contribution in [0.4, 0.5) is 0 Å². The number of carbonyl (C=O) groups excluding carboxylic acids is 1. The maximum atomic E-state index is 13.4. The first-order valence-corrected chi connectivity index (χ1v) is 11.4. The van der Waals surface area contributed by atoms with Gasteiger partial charge in [-0.1, -0.05) is 38.0 Å². The number of nitrogens with zero attached hydrogens (tertiary/aromatic N) is 2. The topological polar surface area (TPSA) is 78.5 Å². The molecule has 6 nitrogen and oxygen atoms in total. The molecule has 1 unspecified atom stereocenters. The standard InChI is InChI=1S/C26H31N3O3/c1-5-7-8-13-29-24(18-9-11-19(12-10-18)32-6-2)21-22(27-28-23(21)26(29)31)20-15-16(3)14-17(4)25(20)30/h9-12,14-15,24,30H,5-8,13H2,1-4H3,(H,27,28). The molecule has 32 heavy (non-hydrogen) atoms. The Morgan fingerprint density at radius 3 is 2.56 bits per heavy atom. The summed E-state index contributed by atoms with van der Waals surface area (Å²) in [7, 11) is 0. The highest BCUT2D eigenvalue weighted by atomic mass is 16.5. The molecule has 2 N–H and O–H groups in total. The maximum absolute atomic E-state index is 13.4. The molecule has 2 heterocycles. The number of hydrogen-bond donors (Lipinski definition) is 2. The minimum atomic E-state index is -0.265. The summed E-state index contributed by atoms with van der Waals surface area (Å²) in [4.78, 5) is 15.3. The van der Waals surface area contributed by atoms with Crippen LogP contribution in [0.25, 0.3) is 11.3 Å². The van der Waals surface area contributed by atoms with Gasteiger partial charge in [0.1, 0.15) is 22.9 Å². The van der Waals surface area contributed by atoms with Crippen LogP contribution in [0.15, 0.2) is 36.4 Å². The number of carbonyl (C=O) groups is 1. The number of ether oxygens (including phenoxy) is 1. The molecular formula is C26H31N3O3. The molecule has 0 spiro atoms. The number of amides is 1. The fraction of sp³-hybridized carbons (Fsp3) is 0.385. The smallest absolute Gasteiger partial charge is 0.273 e. The molecule has 0 aliphatic carbocycles. The second-order valence-corrected chi connectivity index (χ2v) is 8.45. The van der Waals surface area contributed by atoms with Gasteiger partial charge in [-0.25, -0.2) is 0 Å². The molecule has 1 aromatic heterocycles.